The van der Waals surface area contributed by atoms with E-state index in [9.17, 15) is 4.79 Å². The van der Waals surface area contributed by atoms with Crippen molar-refractivity contribution in [3.63, 3.8) is 0 Å². The van der Waals surface area contributed by atoms with E-state index in [2.05, 4.69) is 41.3 Å². The van der Waals surface area contributed by atoms with Crippen molar-refractivity contribution >= 4 is 17.2 Å². The number of rotatable bonds is 8. The Labute approximate surface area is 108 Å². The minimum Gasteiger partial charge on any atom is -0.355 e. The second-order valence-electron chi connectivity index (χ2n) is 4.32. The third kappa shape index (κ3) is 6.44. The zero-order chi connectivity index (χ0) is 12.5. The Balaban J connectivity index is 2.10. The normalized spacial score (nSPS) is 12.4. The summed E-state index contributed by atoms with van der Waals surface area (Å²) < 4.78 is 0. The number of hydrogen-bond donors (Lipinski definition) is 2. The first kappa shape index (κ1) is 14.2. The summed E-state index contributed by atoms with van der Waals surface area (Å²) >= 11 is 1.71. The summed E-state index contributed by atoms with van der Waals surface area (Å²) in [5, 5.41) is 10.4. The SMILES string of the molecule is CCCCNC(=O)CNC(C)Cc1ccsc1. The fourth-order valence-electron chi connectivity index (χ4n) is 1.57. The molecular weight excluding hydrogens is 232 g/mol. The molecule has 0 aliphatic heterocycles. The van der Waals surface area contributed by atoms with Crippen LogP contribution in [-0.4, -0.2) is 25.0 Å². The van der Waals surface area contributed by atoms with Gasteiger partial charge in [0.2, 0.25) is 5.91 Å². The molecule has 4 heteroatoms. The molecule has 0 radical (unpaired) electrons. The van der Waals surface area contributed by atoms with Gasteiger partial charge < -0.3 is 10.6 Å². The van der Waals surface area contributed by atoms with Crippen molar-refractivity contribution in [3.05, 3.63) is 22.4 Å². The largest absolute Gasteiger partial charge is 0.355 e. The molecule has 0 bridgehead atoms. The van der Waals surface area contributed by atoms with Crippen LogP contribution in [0.3, 0.4) is 0 Å². The van der Waals surface area contributed by atoms with Gasteiger partial charge in [-0.05, 0) is 42.2 Å². The van der Waals surface area contributed by atoms with Gasteiger partial charge in [-0.25, -0.2) is 0 Å². The molecule has 0 saturated carbocycles. The molecule has 0 fully saturated rings. The van der Waals surface area contributed by atoms with Crippen LogP contribution >= 0.6 is 11.3 Å². The summed E-state index contributed by atoms with van der Waals surface area (Å²) in [5.74, 6) is 0.0932. The van der Waals surface area contributed by atoms with E-state index in [1.54, 1.807) is 11.3 Å². The molecule has 1 aromatic rings. The van der Waals surface area contributed by atoms with Gasteiger partial charge in [-0.3, -0.25) is 4.79 Å². The molecule has 1 unspecified atom stereocenters. The zero-order valence-corrected chi connectivity index (χ0v) is 11.5. The van der Waals surface area contributed by atoms with E-state index in [0.717, 1.165) is 25.8 Å². The monoisotopic (exact) mass is 254 g/mol. The number of carbonyl (C=O) groups is 1. The Hall–Kier alpha value is -0.870. The first-order valence-electron chi connectivity index (χ1n) is 6.23. The minimum atomic E-state index is 0.0932. The van der Waals surface area contributed by atoms with Crippen molar-refractivity contribution in [2.75, 3.05) is 13.1 Å². The summed E-state index contributed by atoms with van der Waals surface area (Å²) in [7, 11) is 0. The average Bonchev–Trinajstić information content (AvgIpc) is 2.79. The molecule has 2 N–H and O–H groups in total. The number of thiophene rings is 1. The van der Waals surface area contributed by atoms with E-state index < -0.39 is 0 Å². The van der Waals surface area contributed by atoms with E-state index in [4.69, 9.17) is 0 Å². The van der Waals surface area contributed by atoms with E-state index in [-0.39, 0.29) is 5.91 Å². The maximum Gasteiger partial charge on any atom is 0.233 e. The lowest BCUT2D eigenvalue weighted by Crippen LogP contribution is -2.39. The highest BCUT2D eigenvalue weighted by molar-refractivity contribution is 7.07. The third-order valence-corrected chi connectivity index (χ3v) is 3.32. The summed E-state index contributed by atoms with van der Waals surface area (Å²) in [4.78, 5) is 11.5. The van der Waals surface area contributed by atoms with Crippen LogP contribution in [0.1, 0.15) is 32.3 Å². The smallest absolute Gasteiger partial charge is 0.233 e. The van der Waals surface area contributed by atoms with Crippen LogP contribution in [0.4, 0.5) is 0 Å². The van der Waals surface area contributed by atoms with E-state index in [1.165, 1.54) is 5.56 Å². The van der Waals surface area contributed by atoms with Crippen molar-refractivity contribution in [1.29, 1.82) is 0 Å². The second kappa shape index (κ2) is 8.25. The van der Waals surface area contributed by atoms with Crippen molar-refractivity contribution < 1.29 is 4.79 Å². The molecular formula is C13H22N2OS. The summed E-state index contributed by atoms with van der Waals surface area (Å²) in [6.45, 7) is 5.43. The lowest BCUT2D eigenvalue weighted by molar-refractivity contribution is -0.120. The van der Waals surface area contributed by atoms with Crippen LogP contribution in [0.2, 0.25) is 0 Å². The van der Waals surface area contributed by atoms with Gasteiger partial charge in [0, 0.05) is 12.6 Å². The fourth-order valence-corrected chi connectivity index (χ4v) is 2.25. The number of hydrogen-bond acceptors (Lipinski definition) is 3. The molecule has 0 aromatic carbocycles. The van der Waals surface area contributed by atoms with Crippen LogP contribution in [0.5, 0.6) is 0 Å². The van der Waals surface area contributed by atoms with Crippen molar-refractivity contribution in [2.45, 2.75) is 39.2 Å². The lowest BCUT2D eigenvalue weighted by atomic mass is 10.1. The van der Waals surface area contributed by atoms with Crippen LogP contribution in [0.25, 0.3) is 0 Å². The summed E-state index contributed by atoms with van der Waals surface area (Å²) in [6.07, 6.45) is 3.14. The number of nitrogens with one attached hydrogen (secondary N) is 2. The highest BCUT2D eigenvalue weighted by atomic mass is 32.1. The fraction of sp³-hybridized carbons (Fsp3) is 0.615. The Morgan fingerprint density at radius 3 is 3.00 bits per heavy atom. The summed E-state index contributed by atoms with van der Waals surface area (Å²) in [5.41, 5.74) is 1.33. The molecule has 1 rings (SSSR count). The Morgan fingerprint density at radius 2 is 2.35 bits per heavy atom. The average molecular weight is 254 g/mol. The van der Waals surface area contributed by atoms with E-state index in [0.29, 0.717) is 12.6 Å². The van der Waals surface area contributed by atoms with Gasteiger partial charge in [0.15, 0.2) is 0 Å². The molecule has 0 saturated heterocycles. The zero-order valence-electron chi connectivity index (χ0n) is 10.7. The van der Waals surface area contributed by atoms with Crippen LogP contribution in [0, 0.1) is 0 Å². The molecule has 0 aliphatic rings. The predicted molar refractivity (Wildman–Crippen MR) is 73.4 cm³/mol. The highest BCUT2D eigenvalue weighted by Gasteiger charge is 2.06. The van der Waals surface area contributed by atoms with Gasteiger partial charge in [0.25, 0.3) is 0 Å². The van der Waals surface area contributed by atoms with Crippen LogP contribution in [-0.2, 0) is 11.2 Å². The quantitative estimate of drug-likeness (QED) is 0.698. The minimum absolute atomic E-state index is 0.0932. The van der Waals surface area contributed by atoms with Gasteiger partial charge in [0.1, 0.15) is 0 Å². The highest BCUT2D eigenvalue weighted by Crippen LogP contribution is 2.08. The molecule has 96 valence electrons. The van der Waals surface area contributed by atoms with Crippen LogP contribution < -0.4 is 10.6 Å². The Morgan fingerprint density at radius 1 is 1.53 bits per heavy atom. The lowest BCUT2D eigenvalue weighted by Gasteiger charge is -2.12. The molecule has 0 spiro atoms. The van der Waals surface area contributed by atoms with Gasteiger partial charge in [-0.15, -0.1) is 0 Å². The van der Waals surface area contributed by atoms with E-state index >= 15 is 0 Å². The molecule has 1 aromatic heterocycles. The first-order chi connectivity index (χ1) is 8.22. The Kier molecular flexibility index (Phi) is 6.89. The van der Waals surface area contributed by atoms with Crippen molar-refractivity contribution in [3.8, 4) is 0 Å². The number of carbonyl (C=O) groups excluding carboxylic acids is 1. The second-order valence-corrected chi connectivity index (χ2v) is 5.10. The van der Waals surface area contributed by atoms with Crippen LogP contribution in [0.15, 0.2) is 16.8 Å². The molecule has 1 amide bonds. The van der Waals surface area contributed by atoms with Crippen molar-refractivity contribution in [1.82, 2.24) is 10.6 Å². The summed E-state index contributed by atoms with van der Waals surface area (Å²) in [6, 6.07) is 2.46. The Bertz CT molecular complexity index is 311. The predicted octanol–water partition coefficient (Wildman–Crippen LogP) is 2.18. The molecule has 0 aliphatic carbocycles. The number of unbranched alkanes of at least 4 members (excludes halogenated alkanes) is 1. The first-order valence-corrected chi connectivity index (χ1v) is 7.17. The van der Waals surface area contributed by atoms with Gasteiger partial charge in [0.05, 0.1) is 6.54 Å². The van der Waals surface area contributed by atoms with Gasteiger partial charge >= 0.3 is 0 Å². The standard InChI is InChI=1S/C13H22N2OS/c1-3-4-6-14-13(16)9-15-11(2)8-12-5-7-17-10-12/h5,7,10-11,15H,3-4,6,8-9H2,1-2H3,(H,14,16). The van der Waals surface area contributed by atoms with Gasteiger partial charge in [-0.2, -0.15) is 11.3 Å². The number of amides is 1. The topological polar surface area (TPSA) is 41.1 Å². The molecule has 3 nitrogen and oxygen atoms in total. The molecule has 17 heavy (non-hydrogen) atoms. The molecule has 1 heterocycles. The third-order valence-electron chi connectivity index (χ3n) is 2.59. The van der Waals surface area contributed by atoms with Crippen molar-refractivity contribution in [2.24, 2.45) is 0 Å². The van der Waals surface area contributed by atoms with E-state index in [1.807, 2.05) is 0 Å². The maximum atomic E-state index is 11.5. The maximum absolute atomic E-state index is 11.5. The molecule has 1 atom stereocenters. The van der Waals surface area contributed by atoms with Gasteiger partial charge in [-0.1, -0.05) is 13.3 Å².